The molecule has 1 unspecified atom stereocenters. The number of carboxylic acids is 1. The maximum atomic E-state index is 12.7. The van der Waals surface area contributed by atoms with Gasteiger partial charge in [-0.25, -0.2) is 9.59 Å². The first-order chi connectivity index (χ1) is 13.5. The summed E-state index contributed by atoms with van der Waals surface area (Å²) in [5.74, 6) is -0.734. The van der Waals surface area contributed by atoms with E-state index >= 15 is 0 Å². The van der Waals surface area contributed by atoms with Crippen LogP contribution in [0, 0.1) is 11.3 Å². The van der Waals surface area contributed by atoms with Crippen molar-refractivity contribution in [1.29, 1.82) is 0 Å². The zero-order chi connectivity index (χ0) is 19.7. The summed E-state index contributed by atoms with van der Waals surface area (Å²) in [5.41, 5.74) is -0.0307. The normalized spacial score (nSPS) is 28.9. The van der Waals surface area contributed by atoms with E-state index in [-0.39, 0.29) is 30.6 Å². The molecule has 3 aliphatic rings. The highest BCUT2D eigenvalue weighted by Crippen LogP contribution is 2.48. The lowest BCUT2D eigenvalue weighted by Gasteiger charge is -2.24. The molecule has 1 aliphatic carbocycles. The van der Waals surface area contributed by atoms with Crippen LogP contribution >= 0.6 is 0 Å². The van der Waals surface area contributed by atoms with Crippen molar-refractivity contribution in [3.63, 3.8) is 0 Å². The number of carboxylic acid groups (broad SMARTS) is 1. The number of amides is 4. The second-order valence-electron chi connectivity index (χ2n) is 8.11. The Kier molecular flexibility index (Phi) is 4.87. The number of urea groups is 2. The summed E-state index contributed by atoms with van der Waals surface area (Å²) in [4.78, 5) is 40.2. The van der Waals surface area contributed by atoms with E-state index in [1.807, 2.05) is 30.3 Å². The third-order valence-corrected chi connectivity index (χ3v) is 6.41. The molecule has 1 aromatic rings. The molecule has 3 N–H and O–H groups in total. The van der Waals surface area contributed by atoms with Gasteiger partial charge in [0.05, 0.1) is 5.41 Å². The first-order valence-electron chi connectivity index (χ1n) is 9.88. The summed E-state index contributed by atoms with van der Waals surface area (Å²) in [6.07, 6.45) is 3.12. The van der Waals surface area contributed by atoms with Crippen LogP contribution in [-0.2, 0) is 4.79 Å². The Balaban J connectivity index is 1.29. The molecule has 1 aromatic carbocycles. The van der Waals surface area contributed by atoms with Crippen LogP contribution in [0.25, 0.3) is 0 Å². The second kappa shape index (κ2) is 7.33. The number of fused-ring (bicyclic) bond motifs is 1. The van der Waals surface area contributed by atoms with Gasteiger partial charge in [0.25, 0.3) is 0 Å². The van der Waals surface area contributed by atoms with Crippen LogP contribution in [0.2, 0.25) is 0 Å². The van der Waals surface area contributed by atoms with Gasteiger partial charge >= 0.3 is 18.0 Å². The number of carbonyl (C=O) groups excluding carboxylic acids is 2. The molecule has 4 rings (SSSR count). The number of carbonyl (C=O) groups is 3. The van der Waals surface area contributed by atoms with Crippen LogP contribution < -0.4 is 10.6 Å². The van der Waals surface area contributed by atoms with Gasteiger partial charge in [0.15, 0.2) is 0 Å². The van der Waals surface area contributed by atoms with Crippen LogP contribution in [-0.4, -0.2) is 65.2 Å². The van der Waals surface area contributed by atoms with E-state index in [0.717, 1.165) is 18.5 Å². The Morgan fingerprint density at radius 1 is 1.04 bits per heavy atom. The number of benzene rings is 1. The summed E-state index contributed by atoms with van der Waals surface area (Å²) < 4.78 is 0. The van der Waals surface area contributed by atoms with Crippen LogP contribution in [0.5, 0.6) is 0 Å². The van der Waals surface area contributed by atoms with Crippen LogP contribution in [0.3, 0.4) is 0 Å². The molecular weight excluding hydrogens is 360 g/mol. The molecule has 1 saturated carbocycles. The lowest BCUT2D eigenvalue weighted by molar-refractivity contribution is -0.149. The average Bonchev–Trinajstić information content (AvgIpc) is 3.36. The fourth-order valence-corrected chi connectivity index (χ4v) is 4.85. The number of rotatable bonds is 3. The largest absolute Gasteiger partial charge is 0.481 e. The zero-order valence-corrected chi connectivity index (χ0v) is 15.8. The number of anilines is 1. The van der Waals surface area contributed by atoms with E-state index in [9.17, 15) is 19.5 Å². The Labute approximate surface area is 163 Å². The van der Waals surface area contributed by atoms with E-state index in [1.54, 1.807) is 9.80 Å². The number of hydrogen-bond acceptors (Lipinski definition) is 3. The van der Waals surface area contributed by atoms with Crippen LogP contribution in [0.15, 0.2) is 30.3 Å². The number of aliphatic carboxylic acids is 1. The predicted octanol–water partition coefficient (Wildman–Crippen LogP) is 2.19. The Morgan fingerprint density at radius 3 is 2.54 bits per heavy atom. The van der Waals surface area contributed by atoms with Crippen molar-refractivity contribution in [2.24, 2.45) is 11.3 Å². The molecule has 8 heteroatoms. The number of para-hydroxylation sites is 1. The van der Waals surface area contributed by atoms with E-state index in [2.05, 4.69) is 10.6 Å². The summed E-state index contributed by atoms with van der Waals surface area (Å²) >= 11 is 0. The molecule has 0 radical (unpaired) electrons. The molecule has 4 amide bonds. The lowest BCUT2D eigenvalue weighted by Crippen LogP contribution is -2.46. The van der Waals surface area contributed by atoms with Crippen molar-refractivity contribution in [2.45, 2.75) is 31.7 Å². The van der Waals surface area contributed by atoms with Crippen molar-refractivity contribution in [2.75, 3.05) is 31.5 Å². The topological polar surface area (TPSA) is 102 Å². The van der Waals surface area contributed by atoms with E-state index < -0.39 is 11.4 Å². The average molecular weight is 386 g/mol. The van der Waals surface area contributed by atoms with Gasteiger partial charge in [-0.3, -0.25) is 4.79 Å². The molecule has 0 aromatic heterocycles. The third-order valence-electron chi connectivity index (χ3n) is 6.41. The highest BCUT2D eigenvalue weighted by molar-refractivity contribution is 5.89. The molecule has 2 saturated heterocycles. The number of hydrogen-bond donors (Lipinski definition) is 3. The fourth-order valence-electron chi connectivity index (χ4n) is 4.85. The molecule has 8 nitrogen and oxygen atoms in total. The zero-order valence-electron chi connectivity index (χ0n) is 15.8. The van der Waals surface area contributed by atoms with Gasteiger partial charge in [-0.2, -0.15) is 0 Å². The number of nitrogens with one attached hydrogen (secondary N) is 2. The minimum Gasteiger partial charge on any atom is -0.481 e. The summed E-state index contributed by atoms with van der Waals surface area (Å²) in [6.45, 7) is 1.81. The van der Waals surface area contributed by atoms with E-state index in [4.69, 9.17) is 0 Å². The van der Waals surface area contributed by atoms with Gasteiger partial charge in [-0.05, 0) is 37.3 Å². The fraction of sp³-hybridized carbons (Fsp3) is 0.550. The Bertz CT molecular complexity index is 771. The number of nitrogens with zero attached hydrogens (tertiary/aromatic N) is 2. The minimum absolute atomic E-state index is 0.0486. The molecule has 28 heavy (non-hydrogen) atoms. The maximum Gasteiger partial charge on any atom is 0.321 e. The summed E-state index contributed by atoms with van der Waals surface area (Å²) in [7, 11) is 0. The third kappa shape index (κ3) is 3.39. The highest BCUT2D eigenvalue weighted by Gasteiger charge is 2.56. The molecular formula is C20H26N4O4. The van der Waals surface area contributed by atoms with Crippen molar-refractivity contribution < 1.29 is 19.5 Å². The van der Waals surface area contributed by atoms with Gasteiger partial charge < -0.3 is 25.5 Å². The van der Waals surface area contributed by atoms with Crippen LogP contribution in [0.4, 0.5) is 15.3 Å². The molecule has 3 atom stereocenters. The van der Waals surface area contributed by atoms with Gasteiger partial charge in [0, 0.05) is 37.9 Å². The Morgan fingerprint density at radius 2 is 1.82 bits per heavy atom. The van der Waals surface area contributed by atoms with E-state index in [0.29, 0.717) is 32.5 Å². The Hall–Kier alpha value is -2.77. The van der Waals surface area contributed by atoms with Crippen molar-refractivity contribution in [3.8, 4) is 0 Å². The van der Waals surface area contributed by atoms with Crippen molar-refractivity contribution in [3.05, 3.63) is 30.3 Å². The first-order valence-corrected chi connectivity index (χ1v) is 9.88. The van der Waals surface area contributed by atoms with Crippen molar-refractivity contribution in [1.82, 2.24) is 15.1 Å². The second-order valence-corrected chi connectivity index (χ2v) is 8.11. The first kappa shape index (κ1) is 18.6. The maximum absolute atomic E-state index is 12.7. The summed E-state index contributed by atoms with van der Waals surface area (Å²) in [6, 6.07) is 8.75. The van der Waals surface area contributed by atoms with Crippen LogP contribution in [0.1, 0.15) is 25.7 Å². The highest BCUT2D eigenvalue weighted by atomic mass is 16.4. The molecule has 0 spiro atoms. The van der Waals surface area contributed by atoms with Gasteiger partial charge in [0.1, 0.15) is 0 Å². The SMILES string of the molecule is O=C(Nc1ccccc1)N1CCC(NC(=O)N2C[C@@H]3CCC[C@@]3(C(=O)O)C2)C1. The van der Waals surface area contributed by atoms with Gasteiger partial charge in [-0.15, -0.1) is 0 Å². The molecule has 150 valence electrons. The molecule has 3 fully saturated rings. The lowest BCUT2D eigenvalue weighted by atomic mass is 9.81. The molecule has 0 bridgehead atoms. The van der Waals surface area contributed by atoms with Gasteiger partial charge in [0.2, 0.25) is 0 Å². The molecule has 2 aliphatic heterocycles. The summed E-state index contributed by atoms with van der Waals surface area (Å²) in [5, 5.41) is 15.5. The van der Waals surface area contributed by atoms with E-state index in [1.165, 1.54) is 0 Å². The standard InChI is InChI=1S/C20H26N4O4/c25-17(26)20-9-4-5-14(20)11-24(13-20)19(28)22-16-8-10-23(12-16)18(27)21-15-6-2-1-3-7-15/h1-3,6-7,14,16H,4-5,8-13H2,(H,21,27)(H,22,28)(H,25,26)/t14-,16?,20+/m0/s1. The smallest absolute Gasteiger partial charge is 0.321 e. The van der Waals surface area contributed by atoms with Gasteiger partial charge in [-0.1, -0.05) is 24.6 Å². The number of likely N-dealkylation sites (tertiary alicyclic amines) is 2. The quantitative estimate of drug-likeness (QED) is 0.741. The monoisotopic (exact) mass is 386 g/mol. The van der Waals surface area contributed by atoms with Crippen molar-refractivity contribution >= 4 is 23.7 Å². The minimum atomic E-state index is -0.782. The molecule has 2 heterocycles. The predicted molar refractivity (Wildman–Crippen MR) is 103 cm³/mol.